The van der Waals surface area contributed by atoms with Gasteiger partial charge in [-0.1, -0.05) is 12.1 Å². The van der Waals surface area contributed by atoms with Gasteiger partial charge in [0.25, 0.3) is 10.0 Å². The molecule has 0 saturated carbocycles. The molecular formula is C25H30N4O4S. The Morgan fingerprint density at radius 2 is 1.71 bits per heavy atom. The Morgan fingerprint density at radius 3 is 2.50 bits per heavy atom. The molecule has 1 amide bonds. The van der Waals surface area contributed by atoms with Gasteiger partial charge in [0.1, 0.15) is 10.6 Å². The largest absolute Gasteiger partial charge is 0.497 e. The van der Waals surface area contributed by atoms with E-state index < -0.39 is 10.0 Å². The highest BCUT2D eigenvalue weighted by atomic mass is 32.2. The molecule has 0 aromatic heterocycles. The average Bonchev–Trinajstić information content (AvgIpc) is 3.01. The normalized spacial score (nSPS) is 22.1. The Morgan fingerprint density at radius 1 is 0.941 bits per heavy atom. The molecular weight excluding hydrogens is 452 g/mol. The van der Waals surface area contributed by atoms with E-state index in [-0.39, 0.29) is 16.7 Å². The molecule has 5 rings (SSSR count). The molecule has 2 aromatic carbocycles. The van der Waals surface area contributed by atoms with E-state index in [1.807, 2.05) is 28.0 Å². The number of amidine groups is 1. The molecule has 8 nitrogen and oxygen atoms in total. The maximum atomic E-state index is 13.5. The van der Waals surface area contributed by atoms with Crippen molar-refractivity contribution in [2.45, 2.75) is 24.2 Å². The third kappa shape index (κ3) is 4.36. The molecule has 2 saturated heterocycles. The van der Waals surface area contributed by atoms with Crippen LogP contribution in [0, 0.1) is 5.92 Å². The fourth-order valence-corrected chi connectivity index (χ4v) is 6.36. The summed E-state index contributed by atoms with van der Waals surface area (Å²) >= 11 is 0. The van der Waals surface area contributed by atoms with Crippen LogP contribution in [0.15, 0.2) is 57.8 Å². The maximum absolute atomic E-state index is 13.5. The molecule has 9 heteroatoms. The van der Waals surface area contributed by atoms with Crippen LogP contribution in [0.5, 0.6) is 5.75 Å². The molecule has 1 unspecified atom stereocenters. The van der Waals surface area contributed by atoms with Crippen LogP contribution in [-0.4, -0.2) is 76.3 Å². The Bertz CT molecular complexity index is 1200. The minimum absolute atomic E-state index is 0.153. The monoisotopic (exact) mass is 482 g/mol. The Balaban J connectivity index is 1.25. The van der Waals surface area contributed by atoms with E-state index in [1.165, 1.54) is 0 Å². The number of fused-ring (bicyclic) bond motifs is 1. The van der Waals surface area contributed by atoms with Crippen molar-refractivity contribution in [1.82, 2.24) is 9.80 Å². The van der Waals surface area contributed by atoms with E-state index in [4.69, 9.17) is 4.74 Å². The molecule has 3 aliphatic rings. The van der Waals surface area contributed by atoms with Gasteiger partial charge in [0, 0.05) is 50.5 Å². The summed E-state index contributed by atoms with van der Waals surface area (Å²) in [5.74, 6) is 1.32. The second kappa shape index (κ2) is 9.29. The first kappa shape index (κ1) is 22.7. The first-order valence-corrected chi connectivity index (χ1v) is 13.3. The van der Waals surface area contributed by atoms with Crippen molar-refractivity contribution in [2.24, 2.45) is 10.3 Å². The summed E-state index contributed by atoms with van der Waals surface area (Å²) in [4.78, 5) is 20.0. The lowest BCUT2D eigenvalue weighted by molar-refractivity contribution is -0.136. The highest BCUT2D eigenvalue weighted by Crippen LogP contribution is 2.30. The smallest absolute Gasteiger partial charge is 0.285 e. The number of amides is 1. The SMILES string of the molecule is COc1ccc(N2CCCN(C(=O)C3CCCN(C4=NS(=O)(=O)c5ccccc54)C3)CC2)cc1. The van der Waals surface area contributed by atoms with E-state index in [0.717, 1.165) is 50.3 Å². The number of hydrogen-bond acceptors (Lipinski definition) is 6. The summed E-state index contributed by atoms with van der Waals surface area (Å²) in [6.07, 6.45) is 2.56. The second-order valence-electron chi connectivity index (χ2n) is 9.04. The number of hydrogen-bond donors (Lipinski definition) is 0. The third-order valence-electron chi connectivity index (χ3n) is 6.93. The lowest BCUT2D eigenvalue weighted by Crippen LogP contribution is -2.47. The molecule has 3 heterocycles. The van der Waals surface area contributed by atoms with E-state index in [9.17, 15) is 13.2 Å². The van der Waals surface area contributed by atoms with Crippen LogP contribution in [0.3, 0.4) is 0 Å². The highest BCUT2D eigenvalue weighted by molar-refractivity contribution is 7.90. The van der Waals surface area contributed by atoms with Crippen LogP contribution in [0.1, 0.15) is 24.8 Å². The van der Waals surface area contributed by atoms with Gasteiger partial charge in [-0.25, -0.2) is 0 Å². The summed E-state index contributed by atoms with van der Waals surface area (Å²) in [5.41, 5.74) is 1.78. The maximum Gasteiger partial charge on any atom is 0.285 e. The van der Waals surface area contributed by atoms with Crippen LogP contribution >= 0.6 is 0 Å². The molecule has 2 fully saturated rings. The number of methoxy groups -OCH3 is 1. The van der Waals surface area contributed by atoms with Crippen LogP contribution in [0.4, 0.5) is 5.69 Å². The zero-order valence-corrected chi connectivity index (χ0v) is 20.2. The second-order valence-corrected chi connectivity index (χ2v) is 10.6. The molecule has 2 aromatic rings. The number of benzene rings is 2. The number of anilines is 1. The van der Waals surface area contributed by atoms with Gasteiger partial charge in [0.2, 0.25) is 5.91 Å². The van der Waals surface area contributed by atoms with Gasteiger partial charge in [0.15, 0.2) is 5.84 Å². The lowest BCUT2D eigenvalue weighted by Gasteiger charge is -2.35. The van der Waals surface area contributed by atoms with Gasteiger partial charge in [-0.3, -0.25) is 4.79 Å². The number of likely N-dealkylation sites (tertiary alicyclic amines) is 1. The Labute approximate surface area is 200 Å². The minimum atomic E-state index is -3.67. The van der Waals surface area contributed by atoms with Crippen LogP contribution in [-0.2, 0) is 14.8 Å². The molecule has 180 valence electrons. The summed E-state index contributed by atoms with van der Waals surface area (Å²) in [7, 11) is -2.01. The Hall–Kier alpha value is -3.07. The van der Waals surface area contributed by atoms with E-state index in [2.05, 4.69) is 21.4 Å². The number of carbonyl (C=O) groups is 1. The molecule has 3 aliphatic heterocycles. The number of nitrogens with zero attached hydrogens (tertiary/aromatic N) is 4. The molecule has 0 bridgehead atoms. The fourth-order valence-electron chi connectivity index (χ4n) is 5.13. The fraction of sp³-hybridized carbons (Fsp3) is 0.440. The first-order valence-electron chi connectivity index (χ1n) is 11.8. The van der Waals surface area contributed by atoms with Crippen molar-refractivity contribution in [3.05, 3.63) is 54.1 Å². The van der Waals surface area contributed by atoms with Crippen molar-refractivity contribution in [3.63, 3.8) is 0 Å². The van der Waals surface area contributed by atoms with Gasteiger partial charge in [-0.05, 0) is 55.7 Å². The standard InChI is InChI=1S/C25H30N4O4S/c1-33-21-11-9-20(10-12-21)27-14-5-15-28(17-16-27)25(30)19-6-4-13-29(18-19)24-22-7-2-3-8-23(22)34(31,32)26-24/h2-3,7-12,19H,4-6,13-18H2,1H3. The summed E-state index contributed by atoms with van der Waals surface area (Å²) in [6, 6.07) is 15.0. The number of carbonyl (C=O) groups excluding carboxylic acids is 1. The number of sulfonamides is 1. The first-order chi connectivity index (χ1) is 16.5. The van der Waals surface area contributed by atoms with Crippen molar-refractivity contribution in [1.29, 1.82) is 0 Å². The Kier molecular flexibility index (Phi) is 6.20. The van der Waals surface area contributed by atoms with Crippen molar-refractivity contribution in [3.8, 4) is 5.75 Å². The van der Waals surface area contributed by atoms with Gasteiger partial charge in [-0.2, -0.15) is 8.42 Å². The predicted octanol–water partition coefficient (Wildman–Crippen LogP) is 2.60. The molecule has 0 radical (unpaired) electrons. The summed E-state index contributed by atoms with van der Waals surface area (Å²) < 4.78 is 34.3. The topological polar surface area (TPSA) is 82.5 Å². The van der Waals surface area contributed by atoms with Crippen LogP contribution in [0.2, 0.25) is 0 Å². The van der Waals surface area contributed by atoms with E-state index in [1.54, 1.807) is 25.3 Å². The zero-order valence-electron chi connectivity index (χ0n) is 19.4. The summed E-state index contributed by atoms with van der Waals surface area (Å²) in [5, 5.41) is 0. The molecule has 1 atom stereocenters. The summed E-state index contributed by atoms with van der Waals surface area (Å²) in [6.45, 7) is 4.31. The third-order valence-corrected chi connectivity index (χ3v) is 8.25. The van der Waals surface area contributed by atoms with Crippen molar-refractivity contribution < 1.29 is 17.9 Å². The van der Waals surface area contributed by atoms with Gasteiger partial charge < -0.3 is 19.4 Å². The zero-order chi connectivity index (χ0) is 23.7. The molecule has 0 spiro atoms. The van der Waals surface area contributed by atoms with E-state index >= 15 is 0 Å². The number of rotatable bonds is 3. The van der Waals surface area contributed by atoms with Crippen molar-refractivity contribution in [2.75, 3.05) is 51.3 Å². The van der Waals surface area contributed by atoms with Crippen LogP contribution < -0.4 is 9.64 Å². The molecule has 34 heavy (non-hydrogen) atoms. The molecule has 0 aliphatic carbocycles. The van der Waals surface area contributed by atoms with Gasteiger partial charge in [-0.15, -0.1) is 4.40 Å². The quantitative estimate of drug-likeness (QED) is 0.669. The van der Waals surface area contributed by atoms with Crippen LogP contribution in [0.25, 0.3) is 0 Å². The van der Waals surface area contributed by atoms with Gasteiger partial charge >= 0.3 is 0 Å². The average molecular weight is 483 g/mol. The number of ether oxygens (including phenoxy) is 1. The molecule has 0 N–H and O–H groups in total. The highest BCUT2D eigenvalue weighted by Gasteiger charge is 2.36. The van der Waals surface area contributed by atoms with Crippen molar-refractivity contribution >= 4 is 27.5 Å². The van der Waals surface area contributed by atoms with Gasteiger partial charge in [0.05, 0.1) is 13.0 Å². The minimum Gasteiger partial charge on any atom is -0.497 e. The number of piperidine rings is 1. The lowest BCUT2D eigenvalue weighted by atomic mass is 9.95. The van der Waals surface area contributed by atoms with E-state index in [0.29, 0.717) is 31.0 Å². The predicted molar refractivity (Wildman–Crippen MR) is 131 cm³/mol.